The minimum atomic E-state index is -3.98. The van der Waals surface area contributed by atoms with Gasteiger partial charge in [0.2, 0.25) is 10.0 Å². The maximum atomic E-state index is 12.2. The lowest BCUT2D eigenvalue weighted by Crippen LogP contribution is -2.56. The van der Waals surface area contributed by atoms with Gasteiger partial charge in [0.05, 0.1) is 31.3 Å². The zero-order valence-electron chi connectivity index (χ0n) is 11.8. The van der Waals surface area contributed by atoms with Crippen LogP contribution >= 0.6 is 0 Å². The fourth-order valence-electron chi connectivity index (χ4n) is 1.53. The van der Waals surface area contributed by atoms with Crippen molar-refractivity contribution in [1.29, 1.82) is 0 Å². The van der Waals surface area contributed by atoms with Crippen LogP contribution in [0.4, 0.5) is 0 Å². The van der Waals surface area contributed by atoms with Gasteiger partial charge in [-0.15, -0.1) is 0 Å². The molecule has 0 aliphatic heterocycles. The fourth-order valence-corrected chi connectivity index (χ4v) is 2.90. The standard InChI is InChI=1S/C13H21NO6S/c1-2-7-20-11-3-5-12(6-4-11)21(18,19)14-13(8-15,9-16)10-17/h3-6,14-17H,2,7-10H2,1H3. The third-order valence-corrected chi connectivity index (χ3v) is 4.46. The van der Waals surface area contributed by atoms with Crippen LogP contribution in [-0.2, 0) is 10.0 Å². The lowest BCUT2D eigenvalue weighted by Gasteiger charge is -2.28. The summed E-state index contributed by atoms with van der Waals surface area (Å²) >= 11 is 0. The van der Waals surface area contributed by atoms with Crippen LogP contribution < -0.4 is 9.46 Å². The number of aliphatic hydroxyl groups is 3. The highest BCUT2D eigenvalue weighted by molar-refractivity contribution is 7.89. The Labute approximate surface area is 124 Å². The number of hydrogen-bond donors (Lipinski definition) is 4. The van der Waals surface area contributed by atoms with Crippen LogP contribution in [0.3, 0.4) is 0 Å². The van der Waals surface area contributed by atoms with Gasteiger partial charge in [0, 0.05) is 0 Å². The van der Waals surface area contributed by atoms with E-state index in [1.807, 2.05) is 6.92 Å². The van der Waals surface area contributed by atoms with Gasteiger partial charge in [0.1, 0.15) is 11.3 Å². The third-order valence-electron chi connectivity index (χ3n) is 2.87. The molecule has 120 valence electrons. The quantitative estimate of drug-likeness (QED) is 0.486. The average molecular weight is 319 g/mol. The summed E-state index contributed by atoms with van der Waals surface area (Å²) in [5.41, 5.74) is -1.70. The van der Waals surface area contributed by atoms with E-state index in [9.17, 15) is 8.42 Å². The molecule has 0 radical (unpaired) electrons. The molecule has 21 heavy (non-hydrogen) atoms. The molecule has 0 bridgehead atoms. The van der Waals surface area contributed by atoms with Gasteiger partial charge in [0.15, 0.2) is 0 Å². The molecular weight excluding hydrogens is 298 g/mol. The number of ether oxygens (including phenoxy) is 1. The highest BCUT2D eigenvalue weighted by Gasteiger charge is 2.33. The predicted octanol–water partition coefficient (Wildman–Crippen LogP) is -0.531. The Morgan fingerprint density at radius 1 is 1.10 bits per heavy atom. The fraction of sp³-hybridized carbons (Fsp3) is 0.538. The first-order valence-electron chi connectivity index (χ1n) is 6.52. The molecule has 0 heterocycles. The molecule has 0 fully saturated rings. The summed E-state index contributed by atoms with van der Waals surface area (Å²) in [6.07, 6.45) is 0.841. The average Bonchev–Trinajstić information content (AvgIpc) is 2.51. The number of aliphatic hydroxyl groups excluding tert-OH is 3. The Hall–Kier alpha value is -1.19. The van der Waals surface area contributed by atoms with Gasteiger partial charge in [0.25, 0.3) is 0 Å². The molecule has 8 heteroatoms. The van der Waals surface area contributed by atoms with Crippen LogP contribution in [0.1, 0.15) is 13.3 Å². The van der Waals surface area contributed by atoms with Crippen molar-refractivity contribution >= 4 is 10.0 Å². The first kappa shape index (κ1) is 17.9. The second kappa shape index (κ2) is 7.71. The number of rotatable bonds is 9. The predicted molar refractivity (Wildman–Crippen MR) is 76.5 cm³/mol. The summed E-state index contributed by atoms with van der Waals surface area (Å²) in [5.74, 6) is 0.550. The first-order chi connectivity index (χ1) is 9.93. The molecule has 7 nitrogen and oxygen atoms in total. The summed E-state index contributed by atoms with van der Waals surface area (Å²) < 4.78 is 31.8. The lowest BCUT2D eigenvalue weighted by atomic mass is 10.1. The lowest BCUT2D eigenvalue weighted by molar-refractivity contribution is 0.0582. The van der Waals surface area contributed by atoms with Crippen molar-refractivity contribution in [2.24, 2.45) is 0 Å². The molecule has 0 saturated carbocycles. The maximum Gasteiger partial charge on any atom is 0.241 e. The molecule has 0 aliphatic carbocycles. The van der Waals surface area contributed by atoms with Crippen LogP contribution in [0.25, 0.3) is 0 Å². The van der Waals surface area contributed by atoms with Crippen molar-refractivity contribution in [3.8, 4) is 5.75 Å². The Bertz CT molecular complexity index is 516. The molecule has 1 aromatic carbocycles. The molecule has 1 aromatic rings. The van der Waals surface area contributed by atoms with E-state index in [1.54, 1.807) is 0 Å². The summed E-state index contributed by atoms with van der Waals surface area (Å²) in [5, 5.41) is 27.5. The highest BCUT2D eigenvalue weighted by Crippen LogP contribution is 2.18. The normalized spacial score (nSPS) is 12.4. The second-order valence-corrected chi connectivity index (χ2v) is 6.36. The maximum absolute atomic E-state index is 12.2. The number of benzene rings is 1. The minimum Gasteiger partial charge on any atom is -0.494 e. The van der Waals surface area contributed by atoms with Crippen LogP contribution in [-0.4, -0.2) is 55.7 Å². The SMILES string of the molecule is CCCOc1ccc(S(=O)(=O)NC(CO)(CO)CO)cc1. The molecule has 0 aromatic heterocycles. The summed E-state index contributed by atoms with van der Waals surface area (Å²) in [6.45, 7) is 0.318. The van der Waals surface area contributed by atoms with Crippen LogP contribution in [0.5, 0.6) is 5.75 Å². The van der Waals surface area contributed by atoms with Crippen molar-refractivity contribution in [2.75, 3.05) is 26.4 Å². The van der Waals surface area contributed by atoms with Crippen molar-refractivity contribution in [2.45, 2.75) is 23.8 Å². The molecule has 0 amide bonds. The van der Waals surface area contributed by atoms with E-state index in [-0.39, 0.29) is 4.90 Å². The molecule has 1 rings (SSSR count). The molecule has 0 aliphatic rings. The Kier molecular flexibility index (Phi) is 6.56. The topological polar surface area (TPSA) is 116 Å². The van der Waals surface area contributed by atoms with Crippen LogP contribution in [0.15, 0.2) is 29.2 Å². The van der Waals surface area contributed by atoms with E-state index < -0.39 is 35.4 Å². The molecule has 0 spiro atoms. The van der Waals surface area contributed by atoms with Crippen LogP contribution in [0.2, 0.25) is 0 Å². The van der Waals surface area contributed by atoms with Gasteiger partial charge in [-0.05, 0) is 30.7 Å². The first-order valence-corrected chi connectivity index (χ1v) is 8.01. The van der Waals surface area contributed by atoms with E-state index >= 15 is 0 Å². The molecule has 4 N–H and O–H groups in total. The number of nitrogens with one attached hydrogen (secondary N) is 1. The largest absolute Gasteiger partial charge is 0.494 e. The van der Waals surface area contributed by atoms with E-state index in [4.69, 9.17) is 20.1 Å². The zero-order valence-corrected chi connectivity index (χ0v) is 12.6. The van der Waals surface area contributed by atoms with E-state index in [0.717, 1.165) is 6.42 Å². The summed E-state index contributed by atoms with van der Waals surface area (Å²) in [4.78, 5) is -0.0499. The van der Waals surface area contributed by atoms with Gasteiger partial charge in [-0.1, -0.05) is 6.92 Å². The Balaban J connectivity index is 2.92. The van der Waals surface area contributed by atoms with Crippen molar-refractivity contribution < 1.29 is 28.5 Å². The van der Waals surface area contributed by atoms with Crippen molar-refractivity contribution in [1.82, 2.24) is 4.72 Å². The Morgan fingerprint density at radius 3 is 2.05 bits per heavy atom. The minimum absolute atomic E-state index is 0.0499. The van der Waals surface area contributed by atoms with Crippen molar-refractivity contribution in [3.05, 3.63) is 24.3 Å². The van der Waals surface area contributed by atoms with Gasteiger partial charge in [-0.25, -0.2) is 8.42 Å². The molecule has 0 unspecified atom stereocenters. The van der Waals surface area contributed by atoms with Crippen molar-refractivity contribution in [3.63, 3.8) is 0 Å². The van der Waals surface area contributed by atoms with Gasteiger partial charge >= 0.3 is 0 Å². The van der Waals surface area contributed by atoms with Gasteiger partial charge in [-0.2, -0.15) is 4.72 Å². The molecule has 0 saturated heterocycles. The third kappa shape index (κ3) is 4.65. The van der Waals surface area contributed by atoms with Gasteiger partial charge in [-0.3, -0.25) is 0 Å². The van der Waals surface area contributed by atoms with E-state index in [1.165, 1.54) is 24.3 Å². The van der Waals surface area contributed by atoms with Crippen LogP contribution in [0, 0.1) is 0 Å². The highest BCUT2D eigenvalue weighted by atomic mass is 32.2. The molecular formula is C13H21NO6S. The number of sulfonamides is 1. The monoisotopic (exact) mass is 319 g/mol. The number of hydrogen-bond acceptors (Lipinski definition) is 6. The second-order valence-electron chi connectivity index (χ2n) is 4.68. The smallest absolute Gasteiger partial charge is 0.241 e. The van der Waals surface area contributed by atoms with E-state index in [0.29, 0.717) is 12.4 Å². The van der Waals surface area contributed by atoms with E-state index in [2.05, 4.69) is 4.72 Å². The summed E-state index contributed by atoms with van der Waals surface area (Å²) in [6, 6.07) is 5.74. The zero-order chi connectivity index (χ0) is 15.9. The van der Waals surface area contributed by atoms with Gasteiger partial charge < -0.3 is 20.1 Å². The summed E-state index contributed by atoms with van der Waals surface area (Å²) in [7, 11) is -3.98. The molecule has 0 atom stereocenters. The Morgan fingerprint density at radius 2 is 1.62 bits per heavy atom.